The van der Waals surface area contributed by atoms with E-state index in [1.54, 1.807) is 0 Å². The van der Waals surface area contributed by atoms with Crippen LogP contribution in [0.2, 0.25) is 0 Å². The van der Waals surface area contributed by atoms with E-state index in [1.165, 1.54) is 5.56 Å². The first-order valence-corrected chi connectivity index (χ1v) is 18.0. The number of amides is 3. The standard InChI is InChI=1S/C40H46N8O2/c1-43-20-22-44(23-21-43)39-37(38(41)49)35(34-13-6-10-30-8-2-4-12-33(30)34)27-46(39)26-32-24-42-28-47(32)25-29-15-18-45(19-16-29)40(50)48-17-7-11-31-9-3-5-14-36(31)48/h2-6,8-10,12-14,24,27-29H,7,11,15-23,25-26H2,1H3,(H2,41,49). The number of nitrogens with two attached hydrogens (primary N) is 1. The Hall–Kier alpha value is -5.09. The SMILES string of the molecule is CN1CCN(c2c(C(N)=O)c(-c3cccc4ccccc34)cn2Cc2cncn2CC2CCN(C(=O)N3CCCc4ccccc43)CC2)CC1. The van der Waals surface area contributed by atoms with Crippen molar-refractivity contribution in [2.24, 2.45) is 11.7 Å². The van der Waals surface area contributed by atoms with Crippen LogP contribution < -0.4 is 15.5 Å². The van der Waals surface area contributed by atoms with E-state index in [2.05, 4.69) is 85.7 Å². The zero-order valence-electron chi connectivity index (χ0n) is 28.9. The minimum absolute atomic E-state index is 0.134. The lowest BCUT2D eigenvalue weighted by Gasteiger charge is -2.38. The first-order chi connectivity index (χ1) is 24.4. The third kappa shape index (κ3) is 6.13. The normalized spacial score (nSPS) is 17.3. The molecule has 8 rings (SSSR count). The first kappa shape index (κ1) is 32.1. The van der Waals surface area contributed by atoms with Crippen LogP contribution in [0.4, 0.5) is 16.3 Å². The summed E-state index contributed by atoms with van der Waals surface area (Å²) in [5.41, 5.74) is 12.1. The molecule has 3 amide bonds. The zero-order valence-corrected chi connectivity index (χ0v) is 28.9. The lowest BCUT2D eigenvalue weighted by Crippen LogP contribution is -2.48. The molecule has 10 nitrogen and oxygen atoms in total. The number of nitrogens with zero attached hydrogens (tertiary/aromatic N) is 7. The Kier molecular flexibility index (Phi) is 8.78. The van der Waals surface area contributed by atoms with Crippen LogP contribution in [0.15, 0.2) is 85.5 Å². The third-order valence-corrected chi connectivity index (χ3v) is 11.0. The van der Waals surface area contributed by atoms with Gasteiger partial charge in [-0.25, -0.2) is 9.78 Å². The van der Waals surface area contributed by atoms with Crippen LogP contribution in [-0.4, -0.2) is 88.7 Å². The molecule has 2 fully saturated rings. The number of likely N-dealkylation sites (tertiary alicyclic amines) is 1. The van der Waals surface area contributed by atoms with E-state index in [1.807, 2.05) is 40.5 Å². The van der Waals surface area contributed by atoms with Gasteiger partial charge in [-0.3, -0.25) is 9.69 Å². The molecule has 0 spiro atoms. The Morgan fingerprint density at radius 3 is 2.42 bits per heavy atom. The van der Waals surface area contributed by atoms with Gasteiger partial charge in [0.1, 0.15) is 5.82 Å². The minimum atomic E-state index is -0.413. The predicted molar refractivity (Wildman–Crippen MR) is 199 cm³/mol. The van der Waals surface area contributed by atoms with Crippen LogP contribution in [0.1, 0.15) is 40.9 Å². The molecule has 0 bridgehead atoms. The lowest BCUT2D eigenvalue weighted by molar-refractivity contribution is 0.100. The highest BCUT2D eigenvalue weighted by Crippen LogP contribution is 2.38. The molecule has 0 radical (unpaired) electrons. The van der Waals surface area contributed by atoms with Gasteiger partial charge in [0.15, 0.2) is 0 Å². The average Bonchev–Trinajstić information content (AvgIpc) is 3.75. The molecule has 10 heteroatoms. The number of primary amides is 1. The maximum Gasteiger partial charge on any atom is 0.324 e. The van der Waals surface area contributed by atoms with Gasteiger partial charge in [0.25, 0.3) is 5.91 Å². The second-order valence-corrected chi connectivity index (χ2v) is 14.2. The Balaban J connectivity index is 1.04. The van der Waals surface area contributed by atoms with Crippen LogP contribution in [0.5, 0.6) is 0 Å². The molecule has 0 saturated carbocycles. The molecule has 50 heavy (non-hydrogen) atoms. The summed E-state index contributed by atoms with van der Waals surface area (Å²) in [5, 5.41) is 2.22. The number of piperidine rings is 1. The fourth-order valence-electron chi connectivity index (χ4n) is 8.24. The van der Waals surface area contributed by atoms with Gasteiger partial charge in [0, 0.05) is 76.0 Å². The molecule has 0 atom stereocenters. The smallest absolute Gasteiger partial charge is 0.324 e. The maximum atomic E-state index is 13.6. The fourth-order valence-corrected chi connectivity index (χ4v) is 8.24. The van der Waals surface area contributed by atoms with E-state index in [4.69, 9.17) is 5.73 Å². The van der Waals surface area contributed by atoms with Crippen molar-refractivity contribution in [1.82, 2.24) is 23.9 Å². The van der Waals surface area contributed by atoms with Gasteiger partial charge in [-0.1, -0.05) is 60.7 Å². The van der Waals surface area contributed by atoms with E-state index in [0.29, 0.717) is 18.0 Å². The number of likely N-dealkylation sites (N-methyl/N-ethyl adjacent to an activating group) is 1. The average molecular weight is 671 g/mol. The fraction of sp³-hybridized carbons (Fsp3) is 0.375. The van der Waals surface area contributed by atoms with Gasteiger partial charge in [-0.15, -0.1) is 0 Å². The number of piperazine rings is 1. The number of fused-ring (bicyclic) bond motifs is 2. The summed E-state index contributed by atoms with van der Waals surface area (Å²) in [6, 6.07) is 23.0. The molecule has 3 aromatic carbocycles. The number of anilines is 2. The van der Waals surface area contributed by atoms with E-state index in [-0.39, 0.29) is 6.03 Å². The van der Waals surface area contributed by atoms with Crippen LogP contribution in [0.3, 0.4) is 0 Å². The second-order valence-electron chi connectivity index (χ2n) is 14.2. The predicted octanol–water partition coefficient (Wildman–Crippen LogP) is 5.69. The highest BCUT2D eigenvalue weighted by molar-refractivity contribution is 6.09. The summed E-state index contributed by atoms with van der Waals surface area (Å²) >= 11 is 0. The molecule has 5 aromatic rings. The number of hydrogen-bond donors (Lipinski definition) is 1. The monoisotopic (exact) mass is 670 g/mol. The molecule has 3 aliphatic heterocycles. The van der Waals surface area contributed by atoms with Crippen LogP contribution in [-0.2, 0) is 19.5 Å². The van der Waals surface area contributed by atoms with Gasteiger partial charge in [0.05, 0.1) is 24.1 Å². The summed E-state index contributed by atoms with van der Waals surface area (Å²) < 4.78 is 4.48. The highest BCUT2D eigenvalue weighted by atomic mass is 16.2. The summed E-state index contributed by atoms with van der Waals surface area (Å²) in [5.74, 6) is 0.908. The maximum absolute atomic E-state index is 13.6. The molecular weight excluding hydrogens is 624 g/mol. The quantitative estimate of drug-likeness (QED) is 0.240. The van der Waals surface area contributed by atoms with E-state index >= 15 is 0 Å². The van der Waals surface area contributed by atoms with Crippen molar-refractivity contribution in [2.75, 3.05) is 62.7 Å². The highest BCUT2D eigenvalue weighted by Gasteiger charge is 2.31. The molecule has 0 aliphatic carbocycles. The number of para-hydroxylation sites is 1. The van der Waals surface area contributed by atoms with E-state index in [9.17, 15) is 9.59 Å². The molecule has 5 heterocycles. The van der Waals surface area contributed by atoms with Crippen LogP contribution in [0.25, 0.3) is 21.9 Å². The molecule has 258 valence electrons. The van der Waals surface area contributed by atoms with E-state index < -0.39 is 5.91 Å². The Morgan fingerprint density at radius 2 is 1.60 bits per heavy atom. The number of carbonyl (C=O) groups excluding carboxylic acids is 2. The summed E-state index contributed by atoms with van der Waals surface area (Å²) in [7, 11) is 2.14. The summed E-state index contributed by atoms with van der Waals surface area (Å²) in [6.45, 7) is 7.16. The van der Waals surface area contributed by atoms with Crippen molar-refractivity contribution < 1.29 is 9.59 Å². The number of carbonyl (C=O) groups is 2. The van der Waals surface area contributed by atoms with Gasteiger partial charge in [0.2, 0.25) is 0 Å². The molecule has 2 saturated heterocycles. The van der Waals surface area contributed by atoms with Gasteiger partial charge in [-0.2, -0.15) is 0 Å². The topological polar surface area (TPSA) is 95.9 Å². The summed E-state index contributed by atoms with van der Waals surface area (Å²) in [4.78, 5) is 40.2. The number of hydrogen-bond acceptors (Lipinski definition) is 5. The Bertz CT molecular complexity index is 2010. The Labute approximate surface area is 293 Å². The number of urea groups is 1. The largest absolute Gasteiger partial charge is 0.365 e. The van der Waals surface area contributed by atoms with Crippen molar-refractivity contribution in [3.63, 3.8) is 0 Å². The third-order valence-electron chi connectivity index (χ3n) is 11.0. The molecule has 2 N–H and O–H groups in total. The van der Waals surface area contributed by atoms with Crippen molar-refractivity contribution in [3.8, 4) is 11.1 Å². The van der Waals surface area contributed by atoms with E-state index in [0.717, 1.165) is 117 Å². The molecule has 3 aliphatic rings. The second kappa shape index (κ2) is 13.7. The number of aromatic nitrogens is 3. The van der Waals surface area contributed by atoms with Gasteiger partial charge < -0.3 is 29.6 Å². The zero-order chi connectivity index (χ0) is 34.2. The van der Waals surface area contributed by atoms with Crippen molar-refractivity contribution in [3.05, 3.63) is 102 Å². The summed E-state index contributed by atoms with van der Waals surface area (Å²) in [6.07, 6.45) is 9.93. The lowest BCUT2D eigenvalue weighted by atomic mass is 9.96. The number of aryl methyl sites for hydroxylation is 1. The number of imidazole rings is 1. The van der Waals surface area contributed by atoms with Gasteiger partial charge >= 0.3 is 6.03 Å². The minimum Gasteiger partial charge on any atom is -0.365 e. The number of rotatable bonds is 7. The molecule has 0 unspecified atom stereocenters. The molecular formula is C40H46N8O2. The van der Waals surface area contributed by atoms with Crippen molar-refractivity contribution >= 4 is 34.2 Å². The van der Waals surface area contributed by atoms with Crippen molar-refractivity contribution in [1.29, 1.82) is 0 Å². The Morgan fingerprint density at radius 1 is 0.840 bits per heavy atom. The van der Waals surface area contributed by atoms with Crippen molar-refractivity contribution in [2.45, 2.75) is 38.8 Å². The molecule has 2 aromatic heterocycles. The van der Waals surface area contributed by atoms with Crippen LogP contribution in [0, 0.1) is 5.92 Å². The number of benzene rings is 3. The van der Waals surface area contributed by atoms with Crippen LogP contribution >= 0.6 is 0 Å². The van der Waals surface area contributed by atoms with Gasteiger partial charge in [-0.05, 0) is 66.6 Å². The first-order valence-electron chi connectivity index (χ1n) is 18.0.